The third-order valence-electron chi connectivity index (χ3n) is 3.31. The van der Waals surface area contributed by atoms with Crippen molar-refractivity contribution in [2.24, 2.45) is 5.92 Å². The molecule has 1 saturated heterocycles. The predicted molar refractivity (Wildman–Crippen MR) is 78.7 cm³/mol. The fourth-order valence-electron chi connectivity index (χ4n) is 2.14. The van der Waals surface area contributed by atoms with Crippen molar-refractivity contribution in [3.05, 3.63) is 32.2 Å². The van der Waals surface area contributed by atoms with Crippen molar-refractivity contribution in [3.63, 3.8) is 0 Å². The van der Waals surface area contributed by atoms with E-state index in [2.05, 4.69) is 57.8 Å². The van der Waals surface area contributed by atoms with Crippen LogP contribution in [0.2, 0.25) is 0 Å². The van der Waals surface area contributed by atoms with Crippen LogP contribution in [0.15, 0.2) is 21.1 Å². The molecular formula is C13H15Br2ClO. The number of ether oxygens (including phenoxy) is 1. The first-order valence-corrected chi connectivity index (χ1v) is 7.74. The maximum Gasteiger partial charge on any atom is 0.0861 e. The Balaban J connectivity index is 2.30. The van der Waals surface area contributed by atoms with E-state index in [1.54, 1.807) is 0 Å². The second-order valence-corrected chi connectivity index (χ2v) is 6.80. The first-order valence-electron chi connectivity index (χ1n) is 5.72. The van der Waals surface area contributed by atoms with E-state index in [4.69, 9.17) is 16.3 Å². The second kappa shape index (κ2) is 5.60. The van der Waals surface area contributed by atoms with Gasteiger partial charge in [0.2, 0.25) is 0 Å². The minimum Gasteiger partial charge on any atom is -0.376 e. The summed E-state index contributed by atoms with van der Waals surface area (Å²) in [6, 6.07) is 4.18. The number of alkyl halides is 1. The lowest BCUT2D eigenvalue weighted by molar-refractivity contribution is 0.0902. The SMILES string of the molecule is Cc1cc(Br)c(C(Cl)C2OCCC2C)cc1Br. The Morgan fingerprint density at radius 2 is 2.06 bits per heavy atom. The Hall–Kier alpha value is 0.430. The summed E-state index contributed by atoms with van der Waals surface area (Å²) in [6.07, 6.45) is 1.21. The summed E-state index contributed by atoms with van der Waals surface area (Å²) in [4.78, 5) is 0. The van der Waals surface area contributed by atoms with Crippen LogP contribution >= 0.6 is 43.5 Å². The fraction of sp³-hybridized carbons (Fsp3) is 0.538. The summed E-state index contributed by atoms with van der Waals surface area (Å²) in [5.41, 5.74) is 2.30. The molecule has 1 aromatic rings. The molecule has 1 heterocycles. The Morgan fingerprint density at radius 1 is 1.35 bits per heavy atom. The number of benzene rings is 1. The number of hydrogen-bond acceptors (Lipinski definition) is 1. The standard InChI is InChI=1S/C13H15Br2ClO/c1-7-3-4-17-13(7)12(16)9-6-10(14)8(2)5-11(9)15/h5-7,12-13H,3-4H2,1-2H3. The molecule has 0 radical (unpaired) electrons. The summed E-state index contributed by atoms with van der Waals surface area (Å²) in [5, 5.41) is -0.0984. The molecule has 3 unspecified atom stereocenters. The van der Waals surface area contributed by atoms with E-state index in [9.17, 15) is 0 Å². The van der Waals surface area contributed by atoms with Gasteiger partial charge < -0.3 is 4.74 Å². The van der Waals surface area contributed by atoms with Crippen LogP contribution < -0.4 is 0 Å². The Labute approximate surface area is 124 Å². The van der Waals surface area contributed by atoms with Gasteiger partial charge in [-0.05, 0) is 42.5 Å². The van der Waals surface area contributed by atoms with Crippen LogP contribution in [-0.4, -0.2) is 12.7 Å². The van der Waals surface area contributed by atoms with E-state index in [-0.39, 0.29) is 11.5 Å². The van der Waals surface area contributed by atoms with Gasteiger partial charge in [-0.2, -0.15) is 0 Å². The molecule has 0 aliphatic carbocycles. The summed E-state index contributed by atoms with van der Waals surface area (Å²) in [5.74, 6) is 0.518. The zero-order valence-electron chi connectivity index (χ0n) is 9.84. The average molecular weight is 383 g/mol. The zero-order valence-corrected chi connectivity index (χ0v) is 13.8. The van der Waals surface area contributed by atoms with Gasteiger partial charge in [-0.15, -0.1) is 11.6 Å². The molecule has 0 N–H and O–H groups in total. The van der Waals surface area contributed by atoms with Crippen LogP contribution in [0.25, 0.3) is 0 Å². The Morgan fingerprint density at radius 3 is 2.65 bits per heavy atom. The molecule has 4 heteroatoms. The molecule has 94 valence electrons. The fourth-order valence-corrected chi connectivity index (χ4v) is 3.84. The summed E-state index contributed by atoms with van der Waals surface area (Å²) >= 11 is 13.7. The lowest BCUT2D eigenvalue weighted by Crippen LogP contribution is -2.19. The normalized spacial score (nSPS) is 26.2. The van der Waals surface area contributed by atoms with Crippen molar-refractivity contribution in [1.29, 1.82) is 0 Å². The van der Waals surface area contributed by atoms with Gasteiger partial charge in [0.1, 0.15) is 0 Å². The van der Waals surface area contributed by atoms with Gasteiger partial charge in [-0.1, -0.05) is 38.8 Å². The minimum atomic E-state index is -0.0984. The minimum absolute atomic E-state index is 0.0984. The Bertz CT molecular complexity index is 422. The highest BCUT2D eigenvalue weighted by atomic mass is 79.9. The monoisotopic (exact) mass is 380 g/mol. The third-order valence-corrected chi connectivity index (χ3v) is 5.33. The van der Waals surface area contributed by atoms with Crippen LogP contribution in [0.5, 0.6) is 0 Å². The van der Waals surface area contributed by atoms with Crippen molar-refractivity contribution in [1.82, 2.24) is 0 Å². The molecule has 3 atom stereocenters. The molecule has 1 nitrogen and oxygen atoms in total. The van der Waals surface area contributed by atoms with Crippen molar-refractivity contribution < 1.29 is 4.74 Å². The molecule has 0 aromatic heterocycles. The molecule has 0 spiro atoms. The van der Waals surface area contributed by atoms with Crippen LogP contribution in [-0.2, 0) is 4.74 Å². The molecule has 0 bridgehead atoms. The summed E-state index contributed by atoms with van der Waals surface area (Å²) in [6.45, 7) is 5.08. The predicted octanol–water partition coefficient (Wildman–Crippen LogP) is 5.22. The van der Waals surface area contributed by atoms with E-state index in [0.717, 1.165) is 27.5 Å². The summed E-state index contributed by atoms with van der Waals surface area (Å²) in [7, 11) is 0. The maximum absolute atomic E-state index is 6.56. The molecule has 1 aromatic carbocycles. The molecule has 0 amide bonds. The second-order valence-electron chi connectivity index (χ2n) is 4.63. The number of hydrogen-bond donors (Lipinski definition) is 0. The lowest BCUT2D eigenvalue weighted by atomic mass is 9.96. The third kappa shape index (κ3) is 2.89. The number of rotatable bonds is 2. The molecule has 1 fully saturated rings. The summed E-state index contributed by atoms with van der Waals surface area (Å²) < 4.78 is 7.88. The number of aryl methyl sites for hydroxylation is 1. The highest BCUT2D eigenvalue weighted by Gasteiger charge is 2.32. The molecule has 17 heavy (non-hydrogen) atoms. The van der Waals surface area contributed by atoms with Gasteiger partial charge in [0.15, 0.2) is 0 Å². The van der Waals surface area contributed by atoms with E-state index >= 15 is 0 Å². The molecule has 1 aliphatic heterocycles. The van der Waals surface area contributed by atoms with Crippen LogP contribution in [0.4, 0.5) is 0 Å². The van der Waals surface area contributed by atoms with Gasteiger partial charge >= 0.3 is 0 Å². The highest BCUT2D eigenvalue weighted by molar-refractivity contribution is 9.11. The molecule has 2 rings (SSSR count). The highest BCUT2D eigenvalue weighted by Crippen LogP contribution is 2.40. The van der Waals surface area contributed by atoms with Crippen molar-refractivity contribution in [3.8, 4) is 0 Å². The van der Waals surface area contributed by atoms with Crippen molar-refractivity contribution in [2.45, 2.75) is 31.7 Å². The quantitative estimate of drug-likeness (QED) is 0.637. The van der Waals surface area contributed by atoms with Gasteiger partial charge in [0, 0.05) is 15.6 Å². The van der Waals surface area contributed by atoms with Crippen molar-refractivity contribution in [2.75, 3.05) is 6.61 Å². The van der Waals surface area contributed by atoms with Crippen LogP contribution in [0.3, 0.4) is 0 Å². The van der Waals surface area contributed by atoms with E-state index in [0.29, 0.717) is 5.92 Å². The van der Waals surface area contributed by atoms with E-state index < -0.39 is 0 Å². The molecule has 1 aliphatic rings. The smallest absolute Gasteiger partial charge is 0.0861 e. The van der Waals surface area contributed by atoms with Gasteiger partial charge in [-0.25, -0.2) is 0 Å². The van der Waals surface area contributed by atoms with E-state index in [1.807, 2.05) is 0 Å². The van der Waals surface area contributed by atoms with Gasteiger partial charge in [-0.3, -0.25) is 0 Å². The van der Waals surface area contributed by atoms with Gasteiger partial charge in [0.05, 0.1) is 11.5 Å². The van der Waals surface area contributed by atoms with Crippen LogP contribution in [0, 0.1) is 12.8 Å². The lowest BCUT2D eigenvalue weighted by Gasteiger charge is -2.22. The zero-order chi connectivity index (χ0) is 12.6. The molecule has 0 saturated carbocycles. The van der Waals surface area contributed by atoms with Crippen molar-refractivity contribution >= 4 is 43.5 Å². The average Bonchev–Trinajstić information content (AvgIpc) is 2.69. The Kier molecular flexibility index (Phi) is 4.56. The molecular weight excluding hydrogens is 367 g/mol. The maximum atomic E-state index is 6.56. The largest absolute Gasteiger partial charge is 0.376 e. The number of halogens is 3. The first-order chi connectivity index (χ1) is 8.00. The van der Waals surface area contributed by atoms with Gasteiger partial charge in [0.25, 0.3) is 0 Å². The topological polar surface area (TPSA) is 9.23 Å². The van der Waals surface area contributed by atoms with Crippen LogP contribution in [0.1, 0.15) is 29.8 Å². The first kappa shape index (κ1) is 13.9. The van der Waals surface area contributed by atoms with E-state index in [1.165, 1.54) is 5.56 Å².